The Hall–Kier alpha value is -2.08. The quantitative estimate of drug-likeness (QED) is 0.855. The average Bonchev–Trinajstić information content (AvgIpc) is 2.67. The van der Waals surface area contributed by atoms with Crippen LogP contribution in [0.3, 0.4) is 0 Å². The van der Waals surface area contributed by atoms with E-state index in [0.717, 1.165) is 43.8 Å². The molecule has 0 unspecified atom stereocenters. The number of nitrogens with zero attached hydrogens (tertiary/aromatic N) is 2. The molecule has 146 valence electrons. The Kier molecular flexibility index (Phi) is 5.34. The first-order valence-corrected chi connectivity index (χ1v) is 10.0. The molecule has 27 heavy (non-hydrogen) atoms. The highest BCUT2D eigenvalue weighted by molar-refractivity contribution is 5.78. The molecule has 0 aromatic heterocycles. The summed E-state index contributed by atoms with van der Waals surface area (Å²) in [6, 6.07) is 8.15. The van der Waals surface area contributed by atoms with Crippen LogP contribution in [0.15, 0.2) is 24.3 Å². The molecule has 3 saturated heterocycles. The van der Waals surface area contributed by atoms with Gasteiger partial charge >= 0.3 is 0 Å². The molecule has 2 amide bonds. The highest BCUT2D eigenvalue weighted by atomic mass is 16.5. The number of ether oxygens (including phenoxy) is 1. The van der Waals surface area contributed by atoms with Crippen molar-refractivity contribution in [1.82, 2.24) is 15.1 Å². The zero-order chi connectivity index (χ0) is 18.8. The van der Waals surface area contributed by atoms with E-state index < -0.39 is 0 Å². The van der Waals surface area contributed by atoms with Gasteiger partial charge in [-0.25, -0.2) is 0 Å². The fraction of sp³-hybridized carbons (Fsp3) is 0.619. The second kappa shape index (κ2) is 7.89. The molecule has 0 radical (unpaired) electrons. The Bertz CT molecular complexity index is 708. The molecule has 6 heteroatoms. The van der Waals surface area contributed by atoms with Crippen molar-refractivity contribution in [2.24, 2.45) is 11.8 Å². The highest BCUT2D eigenvalue weighted by Crippen LogP contribution is 2.37. The van der Waals surface area contributed by atoms with E-state index in [4.69, 9.17) is 4.74 Å². The molecule has 0 aliphatic carbocycles. The molecular formula is C21H29N3O3. The minimum atomic E-state index is 0.0532. The van der Waals surface area contributed by atoms with E-state index in [1.807, 2.05) is 24.3 Å². The molecule has 4 rings (SSSR count). The van der Waals surface area contributed by atoms with Crippen LogP contribution in [-0.4, -0.2) is 60.9 Å². The predicted molar refractivity (Wildman–Crippen MR) is 102 cm³/mol. The normalized spacial score (nSPS) is 27.8. The third-order valence-electron chi connectivity index (χ3n) is 6.29. The first-order valence-electron chi connectivity index (χ1n) is 10.0. The Morgan fingerprint density at radius 2 is 2.11 bits per heavy atom. The largest absolute Gasteiger partial charge is 0.496 e. The van der Waals surface area contributed by atoms with Gasteiger partial charge in [0.25, 0.3) is 0 Å². The molecule has 2 bridgehead atoms. The molecule has 3 aliphatic heterocycles. The summed E-state index contributed by atoms with van der Waals surface area (Å²) in [7, 11) is 1.65. The number of rotatable bonds is 5. The number of nitrogens with one attached hydrogen (secondary N) is 1. The number of amides is 2. The van der Waals surface area contributed by atoms with Crippen LogP contribution in [0.5, 0.6) is 5.75 Å². The van der Waals surface area contributed by atoms with Gasteiger partial charge in [0.1, 0.15) is 5.75 Å². The molecule has 3 fully saturated rings. The van der Waals surface area contributed by atoms with Gasteiger partial charge in [-0.2, -0.15) is 0 Å². The first-order chi connectivity index (χ1) is 13.1. The molecule has 3 atom stereocenters. The van der Waals surface area contributed by atoms with Crippen molar-refractivity contribution < 1.29 is 14.3 Å². The molecule has 1 N–H and O–H groups in total. The summed E-state index contributed by atoms with van der Waals surface area (Å²) < 4.78 is 5.34. The Labute approximate surface area is 160 Å². The van der Waals surface area contributed by atoms with Crippen molar-refractivity contribution in [2.75, 3.05) is 33.3 Å². The van der Waals surface area contributed by atoms with E-state index in [0.29, 0.717) is 43.3 Å². The Balaban J connectivity index is 1.31. The number of benzene rings is 1. The number of carbonyl (C=O) groups is 2. The summed E-state index contributed by atoms with van der Waals surface area (Å²) in [4.78, 5) is 29.1. The van der Waals surface area contributed by atoms with E-state index in [2.05, 4.69) is 15.1 Å². The van der Waals surface area contributed by atoms with Gasteiger partial charge in [-0.1, -0.05) is 18.2 Å². The molecule has 1 aromatic rings. The molecule has 0 spiro atoms. The lowest BCUT2D eigenvalue weighted by atomic mass is 9.76. The van der Waals surface area contributed by atoms with Crippen LogP contribution < -0.4 is 10.1 Å². The zero-order valence-corrected chi connectivity index (χ0v) is 16.0. The van der Waals surface area contributed by atoms with Crippen LogP contribution in [0.2, 0.25) is 0 Å². The van der Waals surface area contributed by atoms with Gasteiger partial charge in [0, 0.05) is 44.2 Å². The van der Waals surface area contributed by atoms with E-state index in [1.165, 1.54) is 6.42 Å². The molecule has 3 aliphatic rings. The maximum Gasteiger partial charge on any atom is 0.234 e. The monoisotopic (exact) mass is 371 g/mol. The lowest BCUT2D eigenvalue weighted by molar-refractivity contribution is -0.145. The third-order valence-corrected chi connectivity index (χ3v) is 6.29. The van der Waals surface area contributed by atoms with E-state index in [9.17, 15) is 9.59 Å². The smallest absolute Gasteiger partial charge is 0.234 e. The van der Waals surface area contributed by atoms with Crippen LogP contribution in [0.1, 0.15) is 31.2 Å². The highest BCUT2D eigenvalue weighted by Gasteiger charge is 2.43. The van der Waals surface area contributed by atoms with E-state index in [-0.39, 0.29) is 5.91 Å². The lowest BCUT2D eigenvalue weighted by Gasteiger charge is -2.52. The summed E-state index contributed by atoms with van der Waals surface area (Å²) in [5.41, 5.74) is 0.986. The van der Waals surface area contributed by atoms with Crippen molar-refractivity contribution in [3.8, 4) is 5.75 Å². The van der Waals surface area contributed by atoms with Crippen molar-refractivity contribution in [3.63, 3.8) is 0 Å². The number of hydrogen-bond donors (Lipinski definition) is 1. The second-order valence-electron chi connectivity index (χ2n) is 8.15. The Morgan fingerprint density at radius 1 is 1.26 bits per heavy atom. The third kappa shape index (κ3) is 3.95. The van der Waals surface area contributed by atoms with Gasteiger partial charge in [0.2, 0.25) is 11.8 Å². The molecular weight excluding hydrogens is 342 g/mol. The van der Waals surface area contributed by atoms with Crippen LogP contribution in [-0.2, 0) is 16.1 Å². The standard InChI is InChI=1S/C21H29N3O3/c1-27-19-7-3-2-5-16(19)10-22-20(25)14-23-11-15-9-17(13-23)18-6-4-8-21(26)24(18)12-15/h2-3,5,7,15,17-18H,4,6,8-14H2,1H3,(H,22,25)/t15-,17-,18-/m1/s1. The summed E-state index contributed by atoms with van der Waals surface area (Å²) >= 11 is 0. The number of piperidine rings is 3. The molecule has 0 saturated carbocycles. The number of hydrogen-bond acceptors (Lipinski definition) is 4. The number of carbonyl (C=O) groups excluding carboxylic acids is 2. The minimum absolute atomic E-state index is 0.0532. The molecule has 3 heterocycles. The minimum Gasteiger partial charge on any atom is -0.496 e. The first kappa shape index (κ1) is 18.3. The number of para-hydroxylation sites is 1. The molecule has 6 nitrogen and oxygen atoms in total. The maximum atomic E-state index is 12.5. The van der Waals surface area contributed by atoms with Crippen LogP contribution in [0.4, 0.5) is 0 Å². The van der Waals surface area contributed by atoms with Crippen LogP contribution >= 0.6 is 0 Å². The van der Waals surface area contributed by atoms with Crippen LogP contribution in [0, 0.1) is 11.8 Å². The number of likely N-dealkylation sites (tertiary alicyclic amines) is 1. The molecule has 1 aromatic carbocycles. The fourth-order valence-corrected chi connectivity index (χ4v) is 5.14. The van der Waals surface area contributed by atoms with Gasteiger partial charge in [0.15, 0.2) is 0 Å². The van der Waals surface area contributed by atoms with Gasteiger partial charge in [-0.05, 0) is 37.2 Å². The van der Waals surface area contributed by atoms with Gasteiger partial charge in [0.05, 0.1) is 13.7 Å². The zero-order valence-electron chi connectivity index (χ0n) is 16.0. The SMILES string of the molecule is COc1ccccc1CNC(=O)CN1C[C@H]2C[C@H](C1)[C@H]1CCCC(=O)N1C2. The van der Waals surface area contributed by atoms with Gasteiger partial charge < -0.3 is 15.0 Å². The van der Waals surface area contributed by atoms with E-state index >= 15 is 0 Å². The number of methoxy groups -OCH3 is 1. The van der Waals surface area contributed by atoms with Crippen molar-refractivity contribution in [1.29, 1.82) is 0 Å². The maximum absolute atomic E-state index is 12.5. The fourth-order valence-electron chi connectivity index (χ4n) is 5.14. The lowest BCUT2D eigenvalue weighted by Crippen LogP contribution is -2.61. The predicted octanol–water partition coefficient (Wildman–Crippen LogP) is 1.64. The van der Waals surface area contributed by atoms with Gasteiger partial charge in [-0.15, -0.1) is 0 Å². The van der Waals surface area contributed by atoms with Gasteiger partial charge in [-0.3, -0.25) is 14.5 Å². The average molecular weight is 371 g/mol. The van der Waals surface area contributed by atoms with Crippen molar-refractivity contribution >= 4 is 11.8 Å². The Morgan fingerprint density at radius 3 is 2.96 bits per heavy atom. The van der Waals surface area contributed by atoms with E-state index in [1.54, 1.807) is 7.11 Å². The number of fused-ring (bicyclic) bond motifs is 4. The van der Waals surface area contributed by atoms with Crippen molar-refractivity contribution in [3.05, 3.63) is 29.8 Å². The summed E-state index contributed by atoms with van der Waals surface area (Å²) in [5.74, 6) is 2.21. The van der Waals surface area contributed by atoms with Crippen LogP contribution in [0.25, 0.3) is 0 Å². The van der Waals surface area contributed by atoms with Crippen molar-refractivity contribution in [2.45, 2.75) is 38.3 Å². The summed E-state index contributed by atoms with van der Waals surface area (Å²) in [6.45, 7) is 3.62. The second-order valence-corrected chi connectivity index (χ2v) is 8.15. The summed E-state index contributed by atoms with van der Waals surface area (Å²) in [6.07, 6.45) is 4.05. The topological polar surface area (TPSA) is 61.9 Å². The summed E-state index contributed by atoms with van der Waals surface area (Å²) in [5, 5.41) is 3.02.